The Morgan fingerprint density at radius 3 is 2.45 bits per heavy atom. The molecule has 1 aromatic heterocycles. The van der Waals surface area contributed by atoms with Crippen LogP contribution in [0.25, 0.3) is 11.0 Å². The third kappa shape index (κ3) is 3.89. The fourth-order valence-electron chi connectivity index (χ4n) is 4.99. The summed E-state index contributed by atoms with van der Waals surface area (Å²) >= 11 is 0. The lowest BCUT2D eigenvalue weighted by atomic mass is 10.0. The van der Waals surface area contributed by atoms with E-state index in [1.807, 2.05) is 0 Å². The Morgan fingerprint density at radius 1 is 0.897 bits per heavy atom. The predicted octanol–water partition coefficient (Wildman–Crippen LogP) is 3.36. The van der Waals surface area contributed by atoms with Crippen molar-refractivity contribution in [3.63, 3.8) is 0 Å². The van der Waals surface area contributed by atoms with E-state index < -0.39 is 0 Å². The second kappa shape index (κ2) is 8.17. The van der Waals surface area contributed by atoms with Gasteiger partial charge in [-0.1, -0.05) is 30.3 Å². The average molecular weight is 390 g/mol. The highest BCUT2D eigenvalue weighted by Crippen LogP contribution is 2.22. The molecule has 0 N–H and O–H groups in total. The van der Waals surface area contributed by atoms with Crippen LogP contribution in [0.3, 0.4) is 0 Å². The highest BCUT2D eigenvalue weighted by atomic mass is 15.3. The number of benzene rings is 2. The standard InChI is InChI=1S/C24H31N5/c1-26-23-12-6-5-11-22(23)25-24(26)19-27-13-7-10-21(18-27)29-16-14-28(15-17-29)20-8-3-2-4-9-20/h2-6,8-9,11-12,21H,7,10,13-19H2,1H3/t21-/m0/s1. The zero-order chi connectivity index (χ0) is 19.6. The molecule has 0 bridgehead atoms. The first-order chi connectivity index (χ1) is 14.3. The molecule has 3 heterocycles. The quantitative estimate of drug-likeness (QED) is 0.684. The van der Waals surface area contributed by atoms with Crippen molar-refractivity contribution in [3.05, 3.63) is 60.4 Å². The summed E-state index contributed by atoms with van der Waals surface area (Å²) in [5.74, 6) is 1.18. The van der Waals surface area contributed by atoms with Gasteiger partial charge in [-0.15, -0.1) is 0 Å². The second-order valence-electron chi connectivity index (χ2n) is 8.47. The number of rotatable bonds is 4. The van der Waals surface area contributed by atoms with Crippen LogP contribution in [0.2, 0.25) is 0 Å². The number of para-hydroxylation sites is 3. The van der Waals surface area contributed by atoms with E-state index in [0.29, 0.717) is 6.04 Å². The number of likely N-dealkylation sites (tertiary alicyclic amines) is 1. The van der Waals surface area contributed by atoms with E-state index in [0.717, 1.165) is 31.7 Å². The second-order valence-corrected chi connectivity index (χ2v) is 8.47. The van der Waals surface area contributed by atoms with Gasteiger partial charge >= 0.3 is 0 Å². The van der Waals surface area contributed by atoms with Crippen molar-refractivity contribution < 1.29 is 0 Å². The average Bonchev–Trinajstić information content (AvgIpc) is 3.10. The first-order valence-electron chi connectivity index (χ1n) is 10.9. The number of imidazole rings is 1. The smallest absolute Gasteiger partial charge is 0.123 e. The number of nitrogens with zero attached hydrogens (tertiary/aromatic N) is 5. The molecular formula is C24H31N5. The summed E-state index contributed by atoms with van der Waals surface area (Å²) in [7, 11) is 2.15. The Hall–Kier alpha value is -2.37. The monoisotopic (exact) mass is 389 g/mol. The lowest BCUT2D eigenvalue weighted by molar-refractivity contribution is 0.0870. The SMILES string of the molecule is Cn1c(CN2CCC[C@H](N3CCN(c4ccccc4)CC3)C2)nc2ccccc21. The van der Waals surface area contributed by atoms with Gasteiger partial charge in [-0.05, 0) is 43.7 Å². The fraction of sp³-hybridized carbons (Fsp3) is 0.458. The van der Waals surface area contributed by atoms with Gasteiger partial charge in [-0.25, -0.2) is 4.98 Å². The summed E-state index contributed by atoms with van der Waals surface area (Å²) in [6.07, 6.45) is 2.61. The van der Waals surface area contributed by atoms with Crippen molar-refractivity contribution in [2.45, 2.75) is 25.4 Å². The maximum absolute atomic E-state index is 4.89. The lowest BCUT2D eigenvalue weighted by Gasteiger charge is -2.44. The summed E-state index contributed by atoms with van der Waals surface area (Å²) < 4.78 is 2.26. The van der Waals surface area contributed by atoms with Gasteiger partial charge in [0.05, 0.1) is 17.6 Å². The van der Waals surface area contributed by atoms with Crippen molar-refractivity contribution in [2.75, 3.05) is 44.2 Å². The van der Waals surface area contributed by atoms with Crippen LogP contribution in [0, 0.1) is 0 Å². The molecule has 2 saturated heterocycles. The number of piperazine rings is 1. The van der Waals surface area contributed by atoms with Gasteiger partial charge in [0.15, 0.2) is 0 Å². The maximum Gasteiger partial charge on any atom is 0.123 e. The van der Waals surface area contributed by atoms with Gasteiger partial charge in [0.2, 0.25) is 0 Å². The zero-order valence-electron chi connectivity index (χ0n) is 17.4. The van der Waals surface area contributed by atoms with Crippen LogP contribution in [0.1, 0.15) is 18.7 Å². The number of aryl methyl sites for hydroxylation is 1. The van der Waals surface area contributed by atoms with E-state index in [-0.39, 0.29) is 0 Å². The molecule has 5 nitrogen and oxygen atoms in total. The molecular weight excluding hydrogens is 358 g/mol. The molecule has 0 radical (unpaired) electrons. The van der Waals surface area contributed by atoms with Gasteiger partial charge in [-0.2, -0.15) is 0 Å². The molecule has 152 valence electrons. The largest absolute Gasteiger partial charge is 0.369 e. The third-order valence-electron chi connectivity index (χ3n) is 6.68. The summed E-state index contributed by atoms with van der Waals surface area (Å²) in [5.41, 5.74) is 3.70. The lowest BCUT2D eigenvalue weighted by Crippen LogP contribution is -2.55. The van der Waals surface area contributed by atoms with Crippen LogP contribution in [0.15, 0.2) is 54.6 Å². The van der Waals surface area contributed by atoms with E-state index in [9.17, 15) is 0 Å². The number of hydrogen-bond donors (Lipinski definition) is 0. The molecule has 2 aliphatic rings. The summed E-state index contributed by atoms with van der Waals surface area (Å²) in [6, 6.07) is 20.0. The molecule has 2 aromatic carbocycles. The molecule has 0 amide bonds. The van der Waals surface area contributed by atoms with Crippen molar-refractivity contribution in [3.8, 4) is 0 Å². The van der Waals surface area contributed by atoms with Crippen LogP contribution in [-0.4, -0.2) is 64.7 Å². The van der Waals surface area contributed by atoms with Crippen LogP contribution in [-0.2, 0) is 13.6 Å². The zero-order valence-corrected chi connectivity index (χ0v) is 17.4. The van der Waals surface area contributed by atoms with Crippen molar-refractivity contribution in [1.82, 2.24) is 19.4 Å². The van der Waals surface area contributed by atoms with E-state index in [1.165, 1.54) is 49.5 Å². The fourth-order valence-corrected chi connectivity index (χ4v) is 4.99. The molecule has 5 rings (SSSR count). The minimum absolute atomic E-state index is 0.677. The third-order valence-corrected chi connectivity index (χ3v) is 6.68. The van der Waals surface area contributed by atoms with E-state index in [2.05, 4.69) is 80.9 Å². The van der Waals surface area contributed by atoms with Crippen LogP contribution < -0.4 is 4.90 Å². The first kappa shape index (κ1) is 18.6. The van der Waals surface area contributed by atoms with Crippen LogP contribution in [0.4, 0.5) is 5.69 Å². The number of piperidine rings is 1. The van der Waals surface area contributed by atoms with Crippen molar-refractivity contribution in [2.24, 2.45) is 7.05 Å². The predicted molar refractivity (Wildman–Crippen MR) is 119 cm³/mol. The first-order valence-corrected chi connectivity index (χ1v) is 10.9. The maximum atomic E-state index is 4.89. The molecule has 0 saturated carbocycles. The minimum Gasteiger partial charge on any atom is -0.369 e. The van der Waals surface area contributed by atoms with Crippen molar-refractivity contribution >= 4 is 16.7 Å². The molecule has 5 heteroatoms. The van der Waals surface area contributed by atoms with E-state index in [4.69, 9.17) is 4.98 Å². The normalized spacial score (nSPS) is 21.7. The van der Waals surface area contributed by atoms with Crippen LogP contribution in [0.5, 0.6) is 0 Å². The molecule has 2 aliphatic heterocycles. The van der Waals surface area contributed by atoms with Gasteiger partial charge in [-0.3, -0.25) is 9.80 Å². The summed E-state index contributed by atoms with van der Waals surface area (Å²) in [6.45, 7) is 7.89. The Balaban J connectivity index is 1.20. The Labute approximate surface area is 173 Å². The van der Waals surface area contributed by atoms with Crippen molar-refractivity contribution in [1.29, 1.82) is 0 Å². The van der Waals surface area contributed by atoms with E-state index >= 15 is 0 Å². The van der Waals surface area contributed by atoms with Gasteiger partial charge < -0.3 is 9.47 Å². The minimum atomic E-state index is 0.677. The highest BCUT2D eigenvalue weighted by molar-refractivity contribution is 5.75. The molecule has 1 atom stereocenters. The molecule has 2 fully saturated rings. The number of hydrogen-bond acceptors (Lipinski definition) is 4. The van der Waals surface area contributed by atoms with Crippen LogP contribution >= 0.6 is 0 Å². The summed E-state index contributed by atoms with van der Waals surface area (Å²) in [5, 5.41) is 0. The Kier molecular flexibility index (Phi) is 5.25. The molecule has 29 heavy (non-hydrogen) atoms. The topological polar surface area (TPSA) is 27.5 Å². The number of fused-ring (bicyclic) bond motifs is 1. The Bertz CT molecular complexity index is 942. The molecule has 3 aromatic rings. The van der Waals surface area contributed by atoms with Gasteiger partial charge in [0.25, 0.3) is 0 Å². The molecule has 0 aliphatic carbocycles. The highest BCUT2D eigenvalue weighted by Gasteiger charge is 2.28. The van der Waals surface area contributed by atoms with Gasteiger partial charge in [0.1, 0.15) is 5.82 Å². The number of aromatic nitrogens is 2. The molecule has 0 spiro atoms. The van der Waals surface area contributed by atoms with Gasteiger partial charge in [0, 0.05) is 51.5 Å². The Morgan fingerprint density at radius 2 is 1.66 bits per heavy atom. The summed E-state index contributed by atoms with van der Waals surface area (Å²) in [4.78, 5) is 12.7. The number of anilines is 1. The van der Waals surface area contributed by atoms with E-state index in [1.54, 1.807) is 0 Å². The molecule has 0 unspecified atom stereocenters.